The van der Waals surface area contributed by atoms with Crippen molar-refractivity contribution in [3.63, 3.8) is 0 Å². The highest BCUT2D eigenvalue weighted by molar-refractivity contribution is 5.40. The van der Waals surface area contributed by atoms with Crippen LogP contribution in [0.3, 0.4) is 0 Å². The van der Waals surface area contributed by atoms with Gasteiger partial charge in [-0.1, -0.05) is 0 Å². The summed E-state index contributed by atoms with van der Waals surface area (Å²) in [5.41, 5.74) is 1.44. The summed E-state index contributed by atoms with van der Waals surface area (Å²) in [7, 11) is 0. The fourth-order valence-corrected chi connectivity index (χ4v) is 1.49. The zero-order valence-corrected chi connectivity index (χ0v) is 8.25. The van der Waals surface area contributed by atoms with E-state index in [1.807, 2.05) is 6.20 Å². The molecule has 70 valence electrons. The molecule has 2 heteroatoms. The third kappa shape index (κ3) is 2.20. The lowest BCUT2D eigenvalue weighted by Crippen LogP contribution is -2.10. The molecule has 1 saturated carbocycles. The van der Waals surface area contributed by atoms with Crippen LogP contribution in [0.15, 0.2) is 18.3 Å². The first kappa shape index (κ1) is 8.54. The molecule has 1 aliphatic rings. The molecule has 1 aliphatic carbocycles. The number of rotatable bonds is 3. The van der Waals surface area contributed by atoms with Crippen molar-refractivity contribution in [2.45, 2.75) is 38.6 Å². The van der Waals surface area contributed by atoms with E-state index < -0.39 is 0 Å². The fraction of sp³-hybridized carbons (Fsp3) is 0.545. The lowest BCUT2D eigenvalue weighted by molar-refractivity contribution is 0.887. The fourth-order valence-electron chi connectivity index (χ4n) is 1.49. The lowest BCUT2D eigenvalue weighted by Gasteiger charge is -2.09. The standard InChI is InChI=1S/C11H16N2/c1-8(2)13-11-7-10(5-6-12-11)9-3-4-9/h5-9H,3-4H2,1-2H3,(H,12,13). The molecule has 0 radical (unpaired) electrons. The van der Waals surface area contributed by atoms with Crippen molar-refractivity contribution >= 4 is 5.82 Å². The Morgan fingerprint density at radius 1 is 1.46 bits per heavy atom. The Balaban J connectivity index is 2.12. The summed E-state index contributed by atoms with van der Waals surface area (Å²) in [6.45, 7) is 4.26. The van der Waals surface area contributed by atoms with Gasteiger partial charge in [-0.3, -0.25) is 0 Å². The number of pyridine rings is 1. The van der Waals surface area contributed by atoms with Gasteiger partial charge in [0.2, 0.25) is 0 Å². The summed E-state index contributed by atoms with van der Waals surface area (Å²) < 4.78 is 0. The van der Waals surface area contributed by atoms with E-state index >= 15 is 0 Å². The first-order valence-electron chi connectivity index (χ1n) is 4.98. The molecule has 0 atom stereocenters. The van der Waals surface area contributed by atoms with Crippen molar-refractivity contribution in [3.8, 4) is 0 Å². The molecule has 2 rings (SSSR count). The van der Waals surface area contributed by atoms with Gasteiger partial charge in [-0.2, -0.15) is 0 Å². The Kier molecular flexibility index (Phi) is 2.21. The van der Waals surface area contributed by atoms with Gasteiger partial charge in [0.25, 0.3) is 0 Å². The van der Waals surface area contributed by atoms with Crippen LogP contribution >= 0.6 is 0 Å². The zero-order valence-electron chi connectivity index (χ0n) is 8.25. The molecule has 1 aromatic heterocycles. The van der Waals surface area contributed by atoms with Crippen LogP contribution in [0.2, 0.25) is 0 Å². The smallest absolute Gasteiger partial charge is 0.126 e. The molecule has 0 amide bonds. The van der Waals surface area contributed by atoms with Gasteiger partial charge in [0.15, 0.2) is 0 Å². The Morgan fingerprint density at radius 2 is 2.23 bits per heavy atom. The summed E-state index contributed by atoms with van der Waals surface area (Å²) in [5.74, 6) is 1.83. The van der Waals surface area contributed by atoms with Crippen molar-refractivity contribution in [1.82, 2.24) is 4.98 Å². The van der Waals surface area contributed by atoms with Crippen LogP contribution in [0.5, 0.6) is 0 Å². The SMILES string of the molecule is CC(C)Nc1cc(C2CC2)ccn1. The molecule has 2 nitrogen and oxygen atoms in total. The van der Waals surface area contributed by atoms with Gasteiger partial charge in [-0.05, 0) is 50.3 Å². The van der Waals surface area contributed by atoms with Crippen LogP contribution in [0.1, 0.15) is 38.2 Å². The molecule has 13 heavy (non-hydrogen) atoms. The van der Waals surface area contributed by atoms with E-state index in [2.05, 4.69) is 36.3 Å². The molecule has 1 heterocycles. The number of aromatic nitrogens is 1. The van der Waals surface area contributed by atoms with E-state index in [9.17, 15) is 0 Å². The first-order chi connectivity index (χ1) is 6.25. The Bertz CT molecular complexity index is 290. The monoisotopic (exact) mass is 176 g/mol. The van der Waals surface area contributed by atoms with E-state index in [0.29, 0.717) is 6.04 Å². The minimum atomic E-state index is 0.460. The normalized spacial score (nSPS) is 16.2. The minimum Gasteiger partial charge on any atom is -0.368 e. The quantitative estimate of drug-likeness (QED) is 0.766. The Labute approximate surface area is 79.4 Å². The van der Waals surface area contributed by atoms with Gasteiger partial charge in [0.05, 0.1) is 0 Å². The number of hydrogen-bond donors (Lipinski definition) is 1. The Morgan fingerprint density at radius 3 is 2.85 bits per heavy atom. The largest absolute Gasteiger partial charge is 0.368 e. The van der Waals surface area contributed by atoms with Gasteiger partial charge in [0, 0.05) is 12.2 Å². The minimum absolute atomic E-state index is 0.460. The van der Waals surface area contributed by atoms with Crippen LogP contribution in [-0.2, 0) is 0 Å². The van der Waals surface area contributed by atoms with Gasteiger partial charge >= 0.3 is 0 Å². The van der Waals surface area contributed by atoms with Gasteiger partial charge in [0.1, 0.15) is 5.82 Å². The van der Waals surface area contributed by atoms with Crippen LogP contribution in [-0.4, -0.2) is 11.0 Å². The topological polar surface area (TPSA) is 24.9 Å². The summed E-state index contributed by atoms with van der Waals surface area (Å²) in [6.07, 6.45) is 4.61. The van der Waals surface area contributed by atoms with Crippen molar-refractivity contribution in [2.75, 3.05) is 5.32 Å². The van der Waals surface area contributed by atoms with E-state index in [1.54, 1.807) is 0 Å². The van der Waals surface area contributed by atoms with Gasteiger partial charge in [-0.15, -0.1) is 0 Å². The van der Waals surface area contributed by atoms with Crippen LogP contribution < -0.4 is 5.32 Å². The molecule has 0 aliphatic heterocycles. The lowest BCUT2D eigenvalue weighted by atomic mass is 10.2. The van der Waals surface area contributed by atoms with Crippen molar-refractivity contribution in [3.05, 3.63) is 23.9 Å². The Hall–Kier alpha value is -1.05. The second-order valence-electron chi connectivity index (χ2n) is 4.05. The molecular weight excluding hydrogens is 160 g/mol. The van der Waals surface area contributed by atoms with Gasteiger partial charge in [-0.25, -0.2) is 4.98 Å². The van der Waals surface area contributed by atoms with Crippen LogP contribution in [0.25, 0.3) is 0 Å². The molecule has 0 saturated heterocycles. The third-order valence-electron chi connectivity index (χ3n) is 2.27. The third-order valence-corrected chi connectivity index (χ3v) is 2.27. The van der Waals surface area contributed by atoms with E-state index in [4.69, 9.17) is 0 Å². The second kappa shape index (κ2) is 3.36. The maximum atomic E-state index is 4.28. The number of nitrogens with one attached hydrogen (secondary N) is 1. The summed E-state index contributed by atoms with van der Waals surface area (Å²) in [6, 6.07) is 4.77. The summed E-state index contributed by atoms with van der Waals surface area (Å²) >= 11 is 0. The molecule has 0 bridgehead atoms. The predicted octanol–water partition coefficient (Wildman–Crippen LogP) is 2.78. The van der Waals surface area contributed by atoms with E-state index in [1.165, 1.54) is 18.4 Å². The average molecular weight is 176 g/mol. The summed E-state index contributed by atoms with van der Waals surface area (Å²) in [5, 5.41) is 3.32. The molecule has 1 N–H and O–H groups in total. The average Bonchev–Trinajstić information content (AvgIpc) is 2.85. The highest BCUT2D eigenvalue weighted by Crippen LogP contribution is 2.40. The van der Waals surface area contributed by atoms with Crippen LogP contribution in [0, 0.1) is 0 Å². The van der Waals surface area contributed by atoms with Crippen LogP contribution in [0.4, 0.5) is 5.82 Å². The molecule has 0 aromatic carbocycles. The zero-order chi connectivity index (χ0) is 9.26. The second-order valence-corrected chi connectivity index (χ2v) is 4.05. The maximum Gasteiger partial charge on any atom is 0.126 e. The highest BCUT2D eigenvalue weighted by Gasteiger charge is 2.23. The number of hydrogen-bond acceptors (Lipinski definition) is 2. The van der Waals surface area contributed by atoms with E-state index in [0.717, 1.165) is 11.7 Å². The molecule has 1 aromatic rings. The maximum absolute atomic E-state index is 4.28. The van der Waals surface area contributed by atoms with Crippen molar-refractivity contribution in [2.24, 2.45) is 0 Å². The summed E-state index contributed by atoms with van der Waals surface area (Å²) in [4.78, 5) is 4.28. The van der Waals surface area contributed by atoms with Crippen molar-refractivity contribution < 1.29 is 0 Å². The first-order valence-corrected chi connectivity index (χ1v) is 4.98. The predicted molar refractivity (Wildman–Crippen MR) is 55.0 cm³/mol. The van der Waals surface area contributed by atoms with Crippen molar-refractivity contribution in [1.29, 1.82) is 0 Å². The van der Waals surface area contributed by atoms with E-state index in [-0.39, 0.29) is 0 Å². The highest BCUT2D eigenvalue weighted by atomic mass is 15.0. The molecular formula is C11H16N2. The molecule has 0 unspecified atom stereocenters. The number of nitrogens with zero attached hydrogens (tertiary/aromatic N) is 1. The molecule has 0 spiro atoms. The molecule has 1 fully saturated rings. The number of anilines is 1. The van der Waals surface area contributed by atoms with Gasteiger partial charge < -0.3 is 5.32 Å².